The summed E-state index contributed by atoms with van der Waals surface area (Å²) in [5.74, 6) is 1.63. The van der Waals surface area contributed by atoms with Gasteiger partial charge in [0, 0.05) is 18.0 Å². The van der Waals surface area contributed by atoms with E-state index in [-0.39, 0.29) is 0 Å². The Morgan fingerprint density at radius 3 is 2.85 bits per heavy atom. The lowest BCUT2D eigenvalue weighted by atomic mass is 10.2. The minimum absolute atomic E-state index is 0.700. The van der Waals surface area contributed by atoms with Crippen LogP contribution in [0.1, 0.15) is 18.5 Å². The van der Waals surface area contributed by atoms with Crippen LogP contribution in [0.3, 0.4) is 0 Å². The molecule has 3 rings (SSSR count). The first-order valence-electron chi connectivity index (χ1n) is 6.70. The van der Waals surface area contributed by atoms with E-state index in [0.717, 1.165) is 34.3 Å². The quantitative estimate of drug-likeness (QED) is 0.888. The Balaban J connectivity index is 1.83. The first-order valence-corrected chi connectivity index (χ1v) is 7.58. The number of nitrogens with zero attached hydrogens (tertiary/aromatic N) is 1. The normalized spacial score (nSPS) is 14.3. The Labute approximate surface area is 122 Å². The fourth-order valence-electron chi connectivity index (χ4n) is 2.03. The van der Waals surface area contributed by atoms with E-state index in [0.29, 0.717) is 6.04 Å². The molecule has 0 spiro atoms. The molecule has 106 valence electrons. The molecule has 5 heteroatoms. The number of nitrogens with one attached hydrogen (secondary N) is 1. The van der Waals surface area contributed by atoms with Crippen LogP contribution in [0.15, 0.2) is 23.6 Å². The summed E-state index contributed by atoms with van der Waals surface area (Å²) >= 11 is 1.64. The molecule has 0 aliphatic heterocycles. The fourth-order valence-corrected chi connectivity index (χ4v) is 2.87. The lowest BCUT2D eigenvalue weighted by molar-refractivity contribution is 0.404. The van der Waals surface area contributed by atoms with Crippen molar-refractivity contribution >= 4 is 11.3 Å². The number of ether oxygens (including phenoxy) is 2. The molecular formula is C15H18N2O2S. The zero-order valence-corrected chi connectivity index (χ0v) is 12.5. The highest BCUT2D eigenvalue weighted by Gasteiger charge is 2.20. The smallest absolute Gasteiger partial charge is 0.129 e. The van der Waals surface area contributed by atoms with E-state index in [1.165, 1.54) is 12.8 Å². The summed E-state index contributed by atoms with van der Waals surface area (Å²) in [6, 6.07) is 6.48. The van der Waals surface area contributed by atoms with E-state index >= 15 is 0 Å². The summed E-state index contributed by atoms with van der Waals surface area (Å²) in [6.45, 7) is 0.841. The van der Waals surface area contributed by atoms with Crippen molar-refractivity contribution in [2.75, 3.05) is 14.2 Å². The third-order valence-electron chi connectivity index (χ3n) is 3.34. The average molecular weight is 290 g/mol. The third-order valence-corrected chi connectivity index (χ3v) is 4.26. The summed E-state index contributed by atoms with van der Waals surface area (Å²) in [5, 5.41) is 6.54. The Morgan fingerprint density at radius 1 is 1.30 bits per heavy atom. The molecular weight excluding hydrogens is 272 g/mol. The molecule has 1 fully saturated rings. The van der Waals surface area contributed by atoms with Gasteiger partial charge in [-0.2, -0.15) is 0 Å². The van der Waals surface area contributed by atoms with Crippen LogP contribution < -0.4 is 14.8 Å². The molecule has 1 aliphatic rings. The minimum atomic E-state index is 0.700. The Morgan fingerprint density at radius 2 is 2.15 bits per heavy atom. The predicted octanol–water partition coefficient (Wildman–Crippen LogP) is 3.08. The second-order valence-electron chi connectivity index (χ2n) is 4.87. The van der Waals surface area contributed by atoms with Gasteiger partial charge in [0.25, 0.3) is 0 Å². The average Bonchev–Trinajstić information content (AvgIpc) is 3.21. The topological polar surface area (TPSA) is 43.4 Å². The highest BCUT2D eigenvalue weighted by Crippen LogP contribution is 2.35. The van der Waals surface area contributed by atoms with Crippen molar-refractivity contribution < 1.29 is 9.47 Å². The van der Waals surface area contributed by atoms with E-state index in [1.54, 1.807) is 25.6 Å². The number of hydrogen-bond acceptors (Lipinski definition) is 5. The summed E-state index contributed by atoms with van der Waals surface area (Å²) < 4.78 is 10.7. The monoisotopic (exact) mass is 290 g/mol. The molecule has 2 aromatic rings. The lowest BCUT2D eigenvalue weighted by Gasteiger charge is -2.08. The van der Waals surface area contributed by atoms with E-state index in [4.69, 9.17) is 9.47 Å². The van der Waals surface area contributed by atoms with E-state index in [1.807, 2.05) is 18.2 Å². The summed E-state index contributed by atoms with van der Waals surface area (Å²) in [4.78, 5) is 4.68. The van der Waals surface area contributed by atoms with Crippen LogP contribution in [-0.2, 0) is 6.54 Å². The Bertz CT molecular complexity index is 593. The highest BCUT2D eigenvalue weighted by atomic mass is 32.1. The van der Waals surface area contributed by atoms with Crippen molar-refractivity contribution in [1.82, 2.24) is 10.3 Å². The zero-order valence-electron chi connectivity index (χ0n) is 11.7. The first kappa shape index (κ1) is 13.4. The van der Waals surface area contributed by atoms with Crippen molar-refractivity contribution in [2.45, 2.75) is 25.4 Å². The number of rotatable bonds is 6. The number of thiazole rings is 1. The maximum atomic E-state index is 5.41. The number of benzene rings is 1. The van der Waals surface area contributed by atoms with E-state index < -0.39 is 0 Å². The number of methoxy groups -OCH3 is 2. The SMILES string of the molecule is COc1ccc(OC)c(-c2nc(CNC3CC3)cs2)c1. The van der Waals surface area contributed by atoms with Crippen molar-refractivity contribution in [3.05, 3.63) is 29.3 Å². The summed E-state index contributed by atoms with van der Waals surface area (Å²) in [5.41, 5.74) is 2.07. The standard InChI is InChI=1S/C15H18N2O2S/c1-18-12-5-6-14(19-2)13(7-12)15-17-11(9-20-15)8-16-10-3-4-10/h5-7,9-10,16H,3-4,8H2,1-2H3. The Kier molecular flexibility index (Phi) is 3.89. The van der Waals surface area contributed by atoms with E-state index in [2.05, 4.69) is 15.7 Å². The van der Waals surface area contributed by atoms with Gasteiger partial charge >= 0.3 is 0 Å². The molecule has 20 heavy (non-hydrogen) atoms. The van der Waals surface area contributed by atoms with Gasteiger partial charge in [0.1, 0.15) is 16.5 Å². The van der Waals surface area contributed by atoms with Crippen molar-refractivity contribution in [1.29, 1.82) is 0 Å². The lowest BCUT2D eigenvalue weighted by Crippen LogP contribution is -2.15. The van der Waals surface area contributed by atoms with Crippen LogP contribution in [0, 0.1) is 0 Å². The van der Waals surface area contributed by atoms with Gasteiger partial charge in [-0.3, -0.25) is 0 Å². The molecule has 0 amide bonds. The molecule has 1 aliphatic carbocycles. The van der Waals surface area contributed by atoms with Crippen LogP contribution in [0.2, 0.25) is 0 Å². The van der Waals surface area contributed by atoms with Gasteiger partial charge in [-0.25, -0.2) is 4.98 Å². The molecule has 0 radical (unpaired) electrons. The molecule has 0 atom stereocenters. The fraction of sp³-hybridized carbons (Fsp3) is 0.400. The molecule has 1 aromatic heterocycles. The second-order valence-corrected chi connectivity index (χ2v) is 5.72. The molecule has 4 nitrogen and oxygen atoms in total. The zero-order chi connectivity index (χ0) is 13.9. The molecule has 1 heterocycles. The Hall–Kier alpha value is -1.59. The number of hydrogen-bond donors (Lipinski definition) is 1. The van der Waals surface area contributed by atoms with Crippen molar-refractivity contribution in [3.63, 3.8) is 0 Å². The maximum Gasteiger partial charge on any atom is 0.129 e. The minimum Gasteiger partial charge on any atom is -0.497 e. The van der Waals surface area contributed by atoms with Gasteiger partial charge in [-0.05, 0) is 31.0 Å². The van der Waals surface area contributed by atoms with Crippen LogP contribution in [0.25, 0.3) is 10.6 Å². The largest absolute Gasteiger partial charge is 0.497 e. The second kappa shape index (κ2) is 5.81. The van der Waals surface area contributed by atoms with Gasteiger partial charge in [-0.15, -0.1) is 11.3 Å². The van der Waals surface area contributed by atoms with Crippen molar-refractivity contribution in [3.8, 4) is 22.1 Å². The maximum absolute atomic E-state index is 5.41. The molecule has 1 N–H and O–H groups in total. The van der Waals surface area contributed by atoms with Gasteiger partial charge in [0.2, 0.25) is 0 Å². The highest BCUT2D eigenvalue weighted by molar-refractivity contribution is 7.13. The molecule has 1 saturated carbocycles. The van der Waals surface area contributed by atoms with Crippen LogP contribution in [0.5, 0.6) is 11.5 Å². The molecule has 0 bridgehead atoms. The van der Waals surface area contributed by atoms with Crippen LogP contribution in [0.4, 0.5) is 0 Å². The molecule has 1 aromatic carbocycles. The summed E-state index contributed by atoms with van der Waals surface area (Å²) in [7, 11) is 3.34. The predicted molar refractivity (Wildman–Crippen MR) is 80.5 cm³/mol. The first-order chi connectivity index (χ1) is 9.80. The number of aromatic nitrogens is 1. The van der Waals surface area contributed by atoms with E-state index in [9.17, 15) is 0 Å². The van der Waals surface area contributed by atoms with Gasteiger partial charge in [0.15, 0.2) is 0 Å². The third kappa shape index (κ3) is 2.94. The van der Waals surface area contributed by atoms with Crippen LogP contribution in [-0.4, -0.2) is 25.2 Å². The van der Waals surface area contributed by atoms with Gasteiger partial charge in [-0.1, -0.05) is 0 Å². The van der Waals surface area contributed by atoms with Crippen LogP contribution >= 0.6 is 11.3 Å². The van der Waals surface area contributed by atoms with Crippen molar-refractivity contribution in [2.24, 2.45) is 0 Å². The van der Waals surface area contributed by atoms with Gasteiger partial charge < -0.3 is 14.8 Å². The molecule has 0 saturated heterocycles. The molecule has 0 unspecified atom stereocenters. The summed E-state index contributed by atoms with van der Waals surface area (Å²) in [6.07, 6.45) is 2.58. The van der Waals surface area contributed by atoms with Gasteiger partial charge in [0.05, 0.1) is 25.5 Å².